The van der Waals surface area contributed by atoms with Crippen molar-refractivity contribution in [1.29, 1.82) is 0 Å². The van der Waals surface area contributed by atoms with Gasteiger partial charge in [0.2, 0.25) is 0 Å². The Morgan fingerprint density at radius 2 is 1.62 bits per heavy atom. The molecule has 0 heterocycles. The van der Waals surface area contributed by atoms with Gasteiger partial charge in [0.1, 0.15) is 18.0 Å². The van der Waals surface area contributed by atoms with Crippen LogP contribution in [0.15, 0.2) is 54.6 Å². The molecular weight excluding hydrogens is 368 g/mol. The van der Waals surface area contributed by atoms with Crippen LogP contribution >= 0.6 is 0 Å². The number of esters is 1. The minimum absolute atomic E-state index is 0.0983. The summed E-state index contributed by atoms with van der Waals surface area (Å²) < 4.78 is 11.0. The Morgan fingerprint density at radius 1 is 0.966 bits per heavy atom. The molecule has 0 aromatic heterocycles. The first-order valence-corrected chi connectivity index (χ1v) is 9.93. The summed E-state index contributed by atoms with van der Waals surface area (Å²) in [6.45, 7) is 5.83. The lowest BCUT2D eigenvalue weighted by atomic mass is 9.96. The van der Waals surface area contributed by atoms with Gasteiger partial charge in [-0.3, -0.25) is 9.59 Å². The molecule has 2 aromatic carbocycles. The molecule has 0 radical (unpaired) electrons. The van der Waals surface area contributed by atoms with Gasteiger partial charge in [-0.25, -0.2) is 0 Å². The minimum Gasteiger partial charge on any atom is -0.489 e. The van der Waals surface area contributed by atoms with Crippen LogP contribution in [-0.2, 0) is 27.4 Å². The lowest BCUT2D eigenvalue weighted by molar-refractivity contribution is -0.160. The quantitative estimate of drug-likeness (QED) is 0.569. The van der Waals surface area contributed by atoms with Gasteiger partial charge in [0.15, 0.2) is 0 Å². The smallest absolute Gasteiger partial charge is 0.307 e. The first-order chi connectivity index (χ1) is 13.7. The maximum atomic E-state index is 11.9. The summed E-state index contributed by atoms with van der Waals surface area (Å²) in [5.41, 5.74) is 1.62. The molecule has 0 unspecified atom stereocenters. The molecule has 2 aromatic rings. The summed E-state index contributed by atoms with van der Waals surface area (Å²) in [4.78, 5) is 23.4. The Kier molecular flexibility index (Phi) is 8.25. The fraction of sp³-hybridized carbons (Fsp3) is 0.417. The van der Waals surface area contributed by atoms with E-state index in [-0.39, 0.29) is 6.42 Å². The molecule has 0 aliphatic carbocycles. The van der Waals surface area contributed by atoms with Gasteiger partial charge in [-0.2, -0.15) is 0 Å². The van der Waals surface area contributed by atoms with E-state index in [0.29, 0.717) is 19.4 Å². The third kappa shape index (κ3) is 8.81. The molecule has 0 amide bonds. The molecule has 0 saturated heterocycles. The number of hydrogen-bond acceptors (Lipinski definition) is 4. The van der Waals surface area contributed by atoms with Gasteiger partial charge in [0.25, 0.3) is 0 Å². The van der Waals surface area contributed by atoms with Crippen LogP contribution in [0.5, 0.6) is 5.75 Å². The van der Waals surface area contributed by atoms with Crippen LogP contribution in [0, 0.1) is 5.92 Å². The number of rotatable bonds is 10. The summed E-state index contributed by atoms with van der Waals surface area (Å²) in [5.74, 6) is -1.35. The highest BCUT2D eigenvalue weighted by atomic mass is 16.6. The third-order valence-electron chi connectivity index (χ3n) is 4.37. The van der Waals surface area contributed by atoms with Crippen molar-refractivity contribution < 1.29 is 24.2 Å². The second kappa shape index (κ2) is 10.6. The van der Waals surface area contributed by atoms with Gasteiger partial charge >= 0.3 is 11.9 Å². The molecule has 5 heteroatoms. The van der Waals surface area contributed by atoms with E-state index < -0.39 is 23.5 Å². The SMILES string of the molecule is CC(C)(C)OC(=O)C[C@@H](CCCc1ccc(OCc2ccccc2)cc1)C(=O)O. The predicted octanol–water partition coefficient (Wildman–Crippen LogP) is 5.02. The highest BCUT2D eigenvalue weighted by Crippen LogP contribution is 2.19. The van der Waals surface area contributed by atoms with E-state index in [1.165, 1.54) is 0 Å². The van der Waals surface area contributed by atoms with E-state index in [1.807, 2.05) is 54.6 Å². The zero-order chi connectivity index (χ0) is 21.3. The molecule has 5 nitrogen and oxygen atoms in total. The Labute approximate surface area is 172 Å². The third-order valence-corrected chi connectivity index (χ3v) is 4.37. The van der Waals surface area contributed by atoms with Crippen LogP contribution in [-0.4, -0.2) is 22.6 Å². The molecule has 0 saturated carbocycles. The van der Waals surface area contributed by atoms with E-state index in [4.69, 9.17) is 9.47 Å². The molecule has 0 fully saturated rings. The van der Waals surface area contributed by atoms with Crippen molar-refractivity contribution in [3.05, 3.63) is 65.7 Å². The summed E-state index contributed by atoms with van der Waals surface area (Å²) >= 11 is 0. The van der Waals surface area contributed by atoms with Crippen molar-refractivity contribution in [3.63, 3.8) is 0 Å². The van der Waals surface area contributed by atoms with E-state index in [9.17, 15) is 14.7 Å². The summed E-state index contributed by atoms with van der Waals surface area (Å²) in [7, 11) is 0. The second-order valence-corrected chi connectivity index (χ2v) is 8.14. The largest absolute Gasteiger partial charge is 0.489 e. The number of ether oxygens (including phenoxy) is 2. The summed E-state index contributed by atoms with van der Waals surface area (Å²) in [5, 5.41) is 9.38. The van der Waals surface area contributed by atoms with Crippen molar-refractivity contribution >= 4 is 11.9 Å². The van der Waals surface area contributed by atoms with Crippen LogP contribution in [0.2, 0.25) is 0 Å². The number of benzene rings is 2. The predicted molar refractivity (Wildman–Crippen MR) is 112 cm³/mol. The molecule has 0 aliphatic heterocycles. The summed E-state index contributed by atoms with van der Waals surface area (Å²) in [6.07, 6.45) is 1.76. The first kappa shape index (κ1) is 22.5. The first-order valence-electron chi connectivity index (χ1n) is 9.93. The van der Waals surface area contributed by atoms with Crippen LogP contribution < -0.4 is 4.74 Å². The molecule has 29 heavy (non-hydrogen) atoms. The van der Waals surface area contributed by atoms with E-state index in [0.717, 1.165) is 23.3 Å². The van der Waals surface area contributed by atoms with Gasteiger partial charge in [0, 0.05) is 0 Å². The molecule has 0 spiro atoms. The Hall–Kier alpha value is -2.82. The topological polar surface area (TPSA) is 72.8 Å². The van der Waals surface area contributed by atoms with E-state index in [2.05, 4.69) is 0 Å². The average Bonchev–Trinajstić information content (AvgIpc) is 2.66. The van der Waals surface area contributed by atoms with Crippen molar-refractivity contribution in [3.8, 4) is 5.75 Å². The molecule has 1 N–H and O–H groups in total. The fourth-order valence-electron chi connectivity index (χ4n) is 2.94. The van der Waals surface area contributed by atoms with Gasteiger partial charge < -0.3 is 14.6 Å². The Morgan fingerprint density at radius 3 is 2.21 bits per heavy atom. The number of hydrogen-bond donors (Lipinski definition) is 1. The summed E-state index contributed by atoms with van der Waals surface area (Å²) in [6, 6.07) is 17.8. The standard InChI is InChI=1S/C24H30O5/c1-24(2,3)29-22(25)16-20(23(26)27)11-7-10-18-12-14-21(15-13-18)28-17-19-8-5-4-6-9-19/h4-6,8-9,12-15,20H,7,10-11,16-17H2,1-3H3,(H,26,27)/t20-/m1/s1. The van der Waals surface area contributed by atoms with Gasteiger partial charge in [-0.15, -0.1) is 0 Å². The number of aliphatic carboxylic acids is 1. The van der Waals surface area contributed by atoms with Crippen molar-refractivity contribution in [2.24, 2.45) is 5.92 Å². The van der Waals surface area contributed by atoms with E-state index >= 15 is 0 Å². The van der Waals surface area contributed by atoms with Gasteiger partial charge in [-0.1, -0.05) is 42.5 Å². The molecule has 0 aliphatic rings. The van der Waals surface area contributed by atoms with E-state index in [1.54, 1.807) is 20.8 Å². The highest BCUT2D eigenvalue weighted by molar-refractivity contribution is 5.78. The van der Waals surface area contributed by atoms with Crippen molar-refractivity contribution in [2.75, 3.05) is 0 Å². The van der Waals surface area contributed by atoms with Crippen LogP contribution in [0.4, 0.5) is 0 Å². The maximum absolute atomic E-state index is 11.9. The zero-order valence-corrected chi connectivity index (χ0v) is 17.4. The monoisotopic (exact) mass is 398 g/mol. The normalized spacial score (nSPS) is 12.2. The number of carboxylic acid groups (broad SMARTS) is 1. The van der Waals surface area contributed by atoms with Gasteiger partial charge in [0.05, 0.1) is 12.3 Å². The average molecular weight is 398 g/mol. The van der Waals surface area contributed by atoms with Crippen molar-refractivity contribution in [2.45, 2.75) is 58.7 Å². The molecule has 2 rings (SSSR count). The van der Waals surface area contributed by atoms with Crippen LogP contribution in [0.25, 0.3) is 0 Å². The molecule has 1 atom stereocenters. The number of aryl methyl sites for hydroxylation is 1. The van der Waals surface area contributed by atoms with Crippen LogP contribution in [0.1, 0.15) is 51.2 Å². The maximum Gasteiger partial charge on any atom is 0.307 e. The Bertz CT molecular complexity index is 775. The molecule has 0 bridgehead atoms. The van der Waals surface area contributed by atoms with Crippen LogP contribution in [0.3, 0.4) is 0 Å². The molecule has 156 valence electrons. The fourth-order valence-corrected chi connectivity index (χ4v) is 2.94. The minimum atomic E-state index is -0.958. The zero-order valence-electron chi connectivity index (χ0n) is 17.4. The highest BCUT2D eigenvalue weighted by Gasteiger charge is 2.24. The lowest BCUT2D eigenvalue weighted by Gasteiger charge is -2.21. The number of carboxylic acids is 1. The number of carbonyl (C=O) groups is 2. The Balaban J connectivity index is 1.77. The second-order valence-electron chi connectivity index (χ2n) is 8.14. The molecular formula is C24H30O5. The van der Waals surface area contributed by atoms with Crippen molar-refractivity contribution in [1.82, 2.24) is 0 Å². The lowest BCUT2D eigenvalue weighted by Crippen LogP contribution is -2.27. The number of carbonyl (C=O) groups excluding carboxylic acids is 1. The van der Waals surface area contributed by atoms with Gasteiger partial charge in [-0.05, 0) is 63.3 Å².